The number of carbonyl (C=O) groups is 2. The molecule has 2 unspecified atom stereocenters. The fourth-order valence-corrected chi connectivity index (χ4v) is 3.00. The number of amides is 2. The van der Waals surface area contributed by atoms with Gasteiger partial charge >= 0.3 is 0 Å². The van der Waals surface area contributed by atoms with Crippen molar-refractivity contribution in [2.75, 3.05) is 13.1 Å². The molecular formula is C19H29N3O2. The zero-order valence-electron chi connectivity index (χ0n) is 14.8. The Morgan fingerprint density at radius 3 is 2.75 bits per heavy atom. The lowest BCUT2D eigenvalue weighted by atomic mass is 10.1. The van der Waals surface area contributed by atoms with Crippen LogP contribution in [-0.4, -0.2) is 41.9 Å². The van der Waals surface area contributed by atoms with Gasteiger partial charge in [0.2, 0.25) is 11.8 Å². The predicted octanol–water partition coefficient (Wildman–Crippen LogP) is 2.07. The molecule has 132 valence electrons. The van der Waals surface area contributed by atoms with Gasteiger partial charge in [-0.15, -0.1) is 0 Å². The van der Waals surface area contributed by atoms with Gasteiger partial charge < -0.3 is 10.6 Å². The minimum absolute atomic E-state index is 0.00258. The molecule has 0 spiro atoms. The average molecular weight is 331 g/mol. The molecule has 0 bridgehead atoms. The summed E-state index contributed by atoms with van der Waals surface area (Å²) in [6.07, 6.45) is 3.17. The lowest BCUT2D eigenvalue weighted by Crippen LogP contribution is -2.44. The molecule has 24 heavy (non-hydrogen) atoms. The molecule has 1 aromatic carbocycles. The van der Waals surface area contributed by atoms with E-state index in [4.69, 9.17) is 0 Å². The minimum Gasteiger partial charge on any atom is -0.354 e. The standard InChI is InChI=1S/C19H29N3O2/c1-3-15(2)21-18(23)11-12-20-19(24)17-10-7-13-22(17)14-16-8-5-4-6-9-16/h4-6,8-9,15,17H,3,7,10-14H2,1-2H3,(H,20,24)(H,21,23). The van der Waals surface area contributed by atoms with Gasteiger partial charge in [-0.1, -0.05) is 37.3 Å². The Morgan fingerprint density at radius 2 is 2.04 bits per heavy atom. The van der Waals surface area contributed by atoms with Crippen molar-refractivity contribution in [1.82, 2.24) is 15.5 Å². The van der Waals surface area contributed by atoms with Crippen molar-refractivity contribution in [3.05, 3.63) is 35.9 Å². The molecule has 0 saturated carbocycles. The van der Waals surface area contributed by atoms with Crippen LogP contribution in [0.15, 0.2) is 30.3 Å². The van der Waals surface area contributed by atoms with Crippen molar-refractivity contribution in [2.24, 2.45) is 0 Å². The maximum absolute atomic E-state index is 12.4. The number of nitrogens with zero attached hydrogens (tertiary/aromatic N) is 1. The Balaban J connectivity index is 1.75. The number of nitrogens with one attached hydrogen (secondary N) is 2. The molecular weight excluding hydrogens is 302 g/mol. The Kier molecular flexibility index (Phi) is 7.25. The molecule has 1 heterocycles. The Labute approximate surface area is 144 Å². The summed E-state index contributed by atoms with van der Waals surface area (Å²) in [5.41, 5.74) is 1.23. The van der Waals surface area contributed by atoms with Crippen molar-refractivity contribution in [3.63, 3.8) is 0 Å². The number of hydrogen-bond acceptors (Lipinski definition) is 3. The smallest absolute Gasteiger partial charge is 0.237 e. The van der Waals surface area contributed by atoms with Crippen LogP contribution < -0.4 is 10.6 Å². The zero-order chi connectivity index (χ0) is 17.4. The summed E-state index contributed by atoms with van der Waals surface area (Å²) in [6.45, 7) is 6.16. The van der Waals surface area contributed by atoms with Gasteiger partial charge in [-0.3, -0.25) is 14.5 Å². The molecule has 1 saturated heterocycles. The third-order valence-corrected chi connectivity index (χ3v) is 4.57. The highest BCUT2D eigenvalue weighted by atomic mass is 16.2. The van der Waals surface area contributed by atoms with Crippen molar-refractivity contribution < 1.29 is 9.59 Å². The molecule has 2 amide bonds. The monoisotopic (exact) mass is 331 g/mol. The SMILES string of the molecule is CCC(C)NC(=O)CCNC(=O)C1CCCN1Cc1ccccc1. The van der Waals surface area contributed by atoms with Gasteiger partial charge in [-0.25, -0.2) is 0 Å². The van der Waals surface area contributed by atoms with E-state index in [1.165, 1.54) is 5.56 Å². The topological polar surface area (TPSA) is 61.4 Å². The lowest BCUT2D eigenvalue weighted by molar-refractivity contribution is -0.126. The largest absolute Gasteiger partial charge is 0.354 e. The van der Waals surface area contributed by atoms with E-state index < -0.39 is 0 Å². The maximum Gasteiger partial charge on any atom is 0.237 e. The normalized spacial score (nSPS) is 19.0. The van der Waals surface area contributed by atoms with Gasteiger partial charge in [0.05, 0.1) is 6.04 Å². The van der Waals surface area contributed by atoms with E-state index in [0.717, 1.165) is 32.4 Å². The molecule has 1 fully saturated rings. The number of hydrogen-bond donors (Lipinski definition) is 2. The van der Waals surface area contributed by atoms with Crippen LogP contribution in [-0.2, 0) is 16.1 Å². The van der Waals surface area contributed by atoms with Gasteiger partial charge in [0.1, 0.15) is 0 Å². The first-order chi connectivity index (χ1) is 11.6. The molecule has 1 aliphatic heterocycles. The van der Waals surface area contributed by atoms with Gasteiger partial charge in [0, 0.05) is 25.6 Å². The highest BCUT2D eigenvalue weighted by Crippen LogP contribution is 2.20. The first-order valence-electron chi connectivity index (χ1n) is 8.95. The summed E-state index contributed by atoms with van der Waals surface area (Å²) < 4.78 is 0. The van der Waals surface area contributed by atoms with Crippen LogP contribution in [0.2, 0.25) is 0 Å². The molecule has 1 aromatic rings. The van der Waals surface area contributed by atoms with Crippen molar-refractivity contribution in [1.29, 1.82) is 0 Å². The van der Waals surface area contributed by atoms with E-state index in [9.17, 15) is 9.59 Å². The third kappa shape index (κ3) is 5.64. The van der Waals surface area contributed by atoms with Crippen LogP contribution in [0.25, 0.3) is 0 Å². The van der Waals surface area contributed by atoms with E-state index in [2.05, 4.69) is 27.7 Å². The molecule has 2 N–H and O–H groups in total. The molecule has 1 aliphatic rings. The molecule has 5 heteroatoms. The highest BCUT2D eigenvalue weighted by Gasteiger charge is 2.30. The molecule has 5 nitrogen and oxygen atoms in total. The van der Waals surface area contributed by atoms with Crippen LogP contribution in [0.1, 0.15) is 45.1 Å². The van der Waals surface area contributed by atoms with Crippen LogP contribution in [0, 0.1) is 0 Å². The molecule has 0 aliphatic carbocycles. The second kappa shape index (κ2) is 9.42. The Bertz CT molecular complexity index is 533. The number of likely N-dealkylation sites (tertiary alicyclic amines) is 1. The van der Waals surface area contributed by atoms with Gasteiger partial charge in [-0.2, -0.15) is 0 Å². The maximum atomic E-state index is 12.4. The summed E-state index contributed by atoms with van der Waals surface area (Å²) in [7, 11) is 0. The first-order valence-corrected chi connectivity index (χ1v) is 8.95. The number of carbonyl (C=O) groups excluding carboxylic acids is 2. The average Bonchev–Trinajstić information content (AvgIpc) is 3.03. The van der Waals surface area contributed by atoms with Crippen molar-refractivity contribution >= 4 is 11.8 Å². The predicted molar refractivity (Wildman–Crippen MR) is 95.4 cm³/mol. The van der Waals surface area contributed by atoms with Crippen molar-refractivity contribution in [2.45, 2.75) is 58.2 Å². The zero-order valence-corrected chi connectivity index (χ0v) is 14.8. The van der Waals surface area contributed by atoms with Gasteiger partial charge in [0.15, 0.2) is 0 Å². The summed E-state index contributed by atoms with van der Waals surface area (Å²) in [5.74, 6) is 0.0389. The van der Waals surface area contributed by atoms with E-state index in [1.807, 2.05) is 32.0 Å². The Hall–Kier alpha value is -1.88. The molecule has 0 radical (unpaired) electrons. The lowest BCUT2D eigenvalue weighted by Gasteiger charge is -2.23. The van der Waals surface area contributed by atoms with E-state index in [-0.39, 0.29) is 23.9 Å². The fraction of sp³-hybridized carbons (Fsp3) is 0.579. The summed E-state index contributed by atoms with van der Waals surface area (Å²) in [6, 6.07) is 10.3. The van der Waals surface area contributed by atoms with E-state index >= 15 is 0 Å². The second-order valence-electron chi connectivity index (χ2n) is 6.53. The van der Waals surface area contributed by atoms with Crippen LogP contribution in [0.4, 0.5) is 0 Å². The summed E-state index contributed by atoms with van der Waals surface area (Å²) in [5, 5.41) is 5.83. The second-order valence-corrected chi connectivity index (χ2v) is 6.53. The van der Waals surface area contributed by atoms with Crippen molar-refractivity contribution in [3.8, 4) is 0 Å². The minimum atomic E-state index is -0.0807. The quantitative estimate of drug-likeness (QED) is 0.767. The molecule has 2 atom stereocenters. The van der Waals surface area contributed by atoms with E-state index in [0.29, 0.717) is 13.0 Å². The van der Waals surface area contributed by atoms with Gasteiger partial charge in [-0.05, 0) is 38.3 Å². The summed E-state index contributed by atoms with van der Waals surface area (Å²) in [4.78, 5) is 26.4. The summed E-state index contributed by atoms with van der Waals surface area (Å²) >= 11 is 0. The van der Waals surface area contributed by atoms with Crippen LogP contribution in [0.3, 0.4) is 0 Å². The Morgan fingerprint density at radius 1 is 1.29 bits per heavy atom. The fourth-order valence-electron chi connectivity index (χ4n) is 3.00. The van der Waals surface area contributed by atoms with Crippen LogP contribution in [0.5, 0.6) is 0 Å². The molecule has 2 rings (SSSR count). The van der Waals surface area contributed by atoms with Gasteiger partial charge in [0.25, 0.3) is 0 Å². The van der Waals surface area contributed by atoms with Crippen LogP contribution >= 0.6 is 0 Å². The number of benzene rings is 1. The third-order valence-electron chi connectivity index (χ3n) is 4.57. The molecule has 0 aromatic heterocycles. The number of rotatable bonds is 8. The van der Waals surface area contributed by atoms with E-state index in [1.54, 1.807) is 0 Å². The first kappa shape index (κ1) is 18.5. The highest BCUT2D eigenvalue weighted by molar-refractivity contribution is 5.83.